The van der Waals surface area contributed by atoms with Gasteiger partial charge in [0, 0.05) is 10.6 Å². The number of hydrogen-bond acceptors (Lipinski definition) is 7. The van der Waals surface area contributed by atoms with E-state index >= 15 is 0 Å². The average molecular weight is 398 g/mol. The first kappa shape index (κ1) is 19.6. The van der Waals surface area contributed by atoms with E-state index in [0.717, 1.165) is 4.90 Å². The molecule has 0 bridgehead atoms. The van der Waals surface area contributed by atoms with Gasteiger partial charge in [0.15, 0.2) is 17.6 Å². The second-order valence-corrected chi connectivity index (χ2v) is 6.96. The fourth-order valence-electron chi connectivity index (χ4n) is 2.45. The van der Waals surface area contributed by atoms with Gasteiger partial charge in [0.25, 0.3) is 5.91 Å². The number of nitriles is 1. The highest BCUT2D eigenvalue weighted by molar-refractivity contribution is 8.00. The first-order valence-corrected chi connectivity index (χ1v) is 9.56. The molecule has 1 heterocycles. The van der Waals surface area contributed by atoms with Crippen LogP contribution in [0.15, 0.2) is 47.4 Å². The molecule has 1 atom stereocenters. The number of thioether (sulfide) groups is 1. The molecule has 0 spiro atoms. The summed E-state index contributed by atoms with van der Waals surface area (Å²) in [6.07, 6.45) is -0.959. The van der Waals surface area contributed by atoms with Crippen LogP contribution in [0, 0.1) is 11.3 Å². The van der Waals surface area contributed by atoms with Gasteiger partial charge in [0.2, 0.25) is 0 Å². The van der Waals surface area contributed by atoms with Gasteiger partial charge in [-0.25, -0.2) is 0 Å². The Labute approximate surface area is 166 Å². The van der Waals surface area contributed by atoms with Gasteiger partial charge in [-0.1, -0.05) is 6.07 Å². The molecule has 1 aliphatic heterocycles. The van der Waals surface area contributed by atoms with Crippen LogP contribution in [-0.2, 0) is 14.3 Å². The zero-order chi connectivity index (χ0) is 19.9. The maximum Gasteiger partial charge on any atom is 0.317 e. The maximum atomic E-state index is 12.2. The van der Waals surface area contributed by atoms with E-state index in [-0.39, 0.29) is 5.75 Å². The Morgan fingerprint density at radius 2 is 2.00 bits per heavy atom. The van der Waals surface area contributed by atoms with Gasteiger partial charge in [-0.15, -0.1) is 11.8 Å². The molecule has 1 amide bonds. The molecular formula is C20H18N2O5S. The number of ether oxygens (including phenoxy) is 3. The number of nitrogens with zero attached hydrogens (tertiary/aromatic N) is 1. The quantitative estimate of drug-likeness (QED) is 0.590. The van der Waals surface area contributed by atoms with Crippen molar-refractivity contribution in [1.29, 1.82) is 5.26 Å². The van der Waals surface area contributed by atoms with Crippen molar-refractivity contribution in [3.05, 3.63) is 48.0 Å². The summed E-state index contributed by atoms with van der Waals surface area (Å²) in [6.45, 7) is 2.51. The van der Waals surface area contributed by atoms with E-state index in [4.69, 9.17) is 19.5 Å². The Bertz CT molecular complexity index is 925. The van der Waals surface area contributed by atoms with Gasteiger partial charge in [-0.2, -0.15) is 5.26 Å². The molecular weight excluding hydrogens is 380 g/mol. The van der Waals surface area contributed by atoms with Crippen molar-refractivity contribution in [3.63, 3.8) is 0 Å². The Kier molecular flexibility index (Phi) is 6.40. The molecule has 2 aromatic rings. The second-order valence-electron chi connectivity index (χ2n) is 5.91. The zero-order valence-corrected chi connectivity index (χ0v) is 16.0. The van der Waals surface area contributed by atoms with Crippen LogP contribution in [-0.4, -0.2) is 36.9 Å². The van der Waals surface area contributed by atoms with Gasteiger partial charge in [0.05, 0.1) is 17.4 Å². The summed E-state index contributed by atoms with van der Waals surface area (Å²) in [4.78, 5) is 25.1. The third-order valence-electron chi connectivity index (χ3n) is 3.81. The van der Waals surface area contributed by atoms with Crippen molar-refractivity contribution in [2.45, 2.75) is 17.9 Å². The highest BCUT2D eigenvalue weighted by Crippen LogP contribution is 2.34. The zero-order valence-electron chi connectivity index (χ0n) is 15.1. The lowest BCUT2D eigenvalue weighted by Gasteiger charge is -2.18. The van der Waals surface area contributed by atoms with E-state index in [1.807, 2.05) is 18.2 Å². The SMILES string of the molecule is C[C@@H](OC(=O)CSc1ccc2c(c1)OCCO2)C(=O)Nc1cccc(C#N)c1. The van der Waals surface area contributed by atoms with E-state index in [1.165, 1.54) is 18.7 Å². The lowest BCUT2D eigenvalue weighted by atomic mass is 10.2. The minimum atomic E-state index is -0.959. The van der Waals surface area contributed by atoms with Crippen LogP contribution in [0.1, 0.15) is 12.5 Å². The van der Waals surface area contributed by atoms with Crippen molar-refractivity contribution in [1.82, 2.24) is 0 Å². The van der Waals surface area contributed by atoms with Crippen LogP contribution >= 0.6 is 11.8 Å². The summed E-state index contributed by atoms with van der Waals surface area (Å²) in [5.74, 6) is 0.420. The summed E-state index contributed by atoms with van der Waals surface area (Å²) in [5.41, 5.74) is 0.899. The molecule has 0 fully saturated rings. The van der Waals surface area contributed by atoms with E-state index in [2.05, 4.69) is 5.32 Å². The van der Waals surface area contributed by atoms with Crippen molar-refractivity contribution in [2.24, 2.45) is 0 Å². The largest absolute Gasteiger partial charge is 0.486 e. The second kappa shape index (κ2) is 9.15. The van der Waals surface area contributed by atoms with Crippen LogP contribution in [0.5, 0.6) is 11.5 Å². The standard InChI is InChI=1S/C20H18N2O5S/c1-13(20(24)22-15-4-2-3-14(9-15)11-21)27-19(23)12-28-16-5-6-17-18(10-16)26-8-7-25-17/h2-6,9-10,13H,7-8,12H2,1H3,(H,22,24)/t13-/m1/s1. The Morgan fingerprint density at radius 3 is 2.79 bits per heavy atom. The number of nitrogens with one attached hydrogen (secondary N) is 1. The summed E-state index contributed by atoms with van der Waals surface area (Å²) in [5, 5.41) is 11.5. The molecule has 7 nitrogen and oxygen atoms in total. The maximum absolute atomic E-state index is 12.2. The fourth-order valence-corrected chi connectivity index (χ4v) is 3.16. The Balaban J connectivity index is 1.48. The molecule has 1 N–H and O–H groups in total. The number of anilines is 1. The number of fused-ring (bicyclic) bond motifs is 1. The molecule has 1 aliphatic rings. The molecule has 3 rings (SSSR count). The minimum Gasteiger partial charge on any atom is -0.486 e. The number of benzene rings is 2. The molecule has 0 radical (unpaired) electrons. The van der Waals surface area contributed by atoms with Crippen LogP contribution < -0.4 is 14.8 Å². The predicted octanol–water partition coefficient (Wildman–Crippen LogP) is 2.99. The molecule has 0 aliphatic carbocycles. The molecule has 0 aromatic heterocycles. The number of rotatable bonds is 6. The highest BCUT2D eigenvalue weighted by atomic mass is 32.2. The number of carbonyl (C=O) groups is 2. The minimum absolute atomic E-state index is 0.0567. The number of hydrogen-bond donors (Lipinski definition) is 1. The fraction of sp³-hybridized carbons (Fsp3) is 0.250. The Morgan fingerprint density at radius 1 is 1.21 bits per heavy atom. The molecule has 28 heavy (non-hydrogen) atoms. The van der Waals surface area contributed by atoms with Gasteiger partial charge in [0.1, 0.15) is 13.2 Å². The third-order valence-corrected chi connectivity index (χ3v) is 4.77. The van der Waals surface area contributed by atoms with Crippen molar-refractivity contribution in [2.75, 3.05) is 24.3 Å². The summed E-state index contributed by atoms with van der Waals surface area (Å²) >= 11 is 1.29. The van der Waals surface area contributed by atoms with Crippen molar-refractivity contribution < 1.29 is 23.8 Å². The molecule has 0 saturated heterocycles. The number of carbonyl (C=O) groups excluding carboxylic acids is 2. The lowest BCUT2D eigenvalue weighted by Crippen LogP contribution is -2.30. The average Bonchev–Trinajstić information content (AvgIpc) is 2.72. The number of amides is 1. The van der Waals surface area contributed by atoms with Crippen molar-refractivity contribution in [3.8, 4) is 17.6 Å². The first-order chi connectivity index (χ1) is 13.5. The van der Waals surface area contributed by atoms with Gasteiger partial charge in [-0.05, 0) is 43.3 Å². The normalized spacial score (nSPS) is 13.1. The van der Waals surface area contributed by atoms with Crippen molar-refractivity contribution >= 4 is 29.3 Å². The summed E-state index contributed by atoms with van der Waals surface area (Å²) in [6, 6.07) is 13.9. The molecule has 2 aromatic carbocycles. The van der Waals surface area contributed by atoms with Crippen LogP contribution in [0.2, 0.25) is 0 Å². The molecule has 144 valence electrons. The van der Waals surface area contributed by atoms with Gasteiger partial charge in [-0.3, -0.25) is 9.59 Å². The Hall–Kier alpha value is -3.18. The smallest absolute Gasteiger partial charge is 0.317 e. The van der Waals surface area contributed by atoms with Crippen LogP contribution in [0.25, 0.3) is 0 Å². The predicted molar refractivity (Wildman–Crippen MR) is 103 cm³/mol. The summed E-state index contributed by atoms with van der Waals surface area (Å²) < 4.78 is 16.2. The lowest BCUT2D eigenvalue weighted by molar-refractivity contribution is -0.150. The molecule has 0 unspecified atom stereocenters. The highest BCUT2D eigenvalue weighted by Gasteiger charge is 2.19. The van der Waals surface area contributed by atoms with E-state index in [9.17, 15) is 9.59 Å². The van der Waals surface area contributed by atoms with E-state index in [0.29, 0.717) is 36.0 Å². The first-order valence-electron chi connectivity index (χ1n) is 8.58. The third kappa shape index (κ3) is 5.18. The van der Waals surface area contributed by atoms with E-state index in [1.54, 1.807) is 30.3 Å². The summed E-state index contributed by atoms with van der Waals surface area (Å²) in [7, 11) is 0. The number of esters is 1. The molecule has 0 saturated carbocycles. The van der Waals surface area contributed by atoms with Crippen LogP contribution in [0.4, 0.5) is 5.69 Å². The monoisotopic (exact) mass is 398 g/mol. The van der Waals surface area contributed by atoms with E-state index < -0.39 is 18.0 Å². The van der Waals surface area contributed by atoms with Gasteiger partial charge < -0.3 is 19.5 Å². The molecule has 8 heteroatoms. The topological polar surface area (TPSA) is 97.7 Å². The van der Waals surface area contributed by atoms with Crippen LogP contribution in [0.3, 0.4) is 0 Å². The van der Waals surface area contributed by atoms with Gasteiger partial charge >= 0.3 is 5.97 Å².